The molecule has 33 heavy (non-hydrogen) atoms. The second-order valence-electron chi connectivity index (χ2n) is 9.41. The number of alkyl carbamates (subject to hydrolysis) is 1. The van der Waals surface area contributed by atoms with E-state index in [0.29, 0.717) is 5.92 Å². The van der Waals surface area contributed by atoms with Crippen molar-refractivity contribution in [2.45, 2.75) is 50.5 Å². The van der Waals surface area contributed by atoms with E-state index in [2.05, 4.69) is 25.8 Å². The average molecular weight is 456 g/mol. The normalized spacial score (nSPS) is 28.8. The quantitative estimate of drug-likeness (QED) is 0.714. The molecule has 4 aliphatic heterocycles. The third-order valence-electron chi connectivity index (χ3n) is 7.34. The fourth-order valence-corrected chi connectivity index (χ4v) is 5.63. The van der Waals surface area contributed by atoms with E-state index in [1.807, 2.05) is 12.1 Å². The largest absolute Gasteiger partial charge is 0.586 e. The number of benzene rings is 2. The SMILES string of the molecule is O=C(NC1CCCc2cc(-c3ccc4c(c3)OC(F)(F)O4)ccc21)OC1CN2CCC1CC2. The van der Waals surface area contributed by atoms with Crippen LogP contribution < -0.4 is 14.8 Å². The number of piperidine rings is 3. The van der Waals surface area contributed by atoms with Gasteiger partial charge < -0.3 is 19.5 Å². The van der Waals surface area contributed by atoms with Crippen LogP contribution in [0.3, 0.4) is 0 Å². The molecule has 2 unspecified atom stereocenters. The highest BCUT2D eigenvalue weighted by atomic mass is 19.3. The molecule has 2 bridgehead atoms. The van der Waals surface area contributed by atoms with Gasteiger partial charge in [-0.15, -0.1) is 8.78 Å². The minimum Gasteiger partial charge on any atom is -0.445 e. The molecule has 1 aliphatic carbocycles. The number of halogens is 2. The summed E-state index contributed by atoms with van der Waals surface area (Å²) in [6, 6.07) is 10.8. The van der Waals surface area contributed by atoms with E-state index in [9.17, 15) is 13.6 Å². The Labute approximate surface area is 190 Å². The van der Waals surface area contributed by atoms with Crippen molar-refractivity contribution in [2.24, 2.45) is 5.92 Å². The summed E-state index contributed by atoms with van der Waals surface area (Å²) in [5, 5.41) is 3.08. The molecule has 3 saturated heterocycles. The van der Waals surface area contributed by atoms with E-state index >= 15 is 0 Å². The number of carbonyl (C=O) groups is 1. The van der Waals surface area contributed by atoms with Gasteiger partial charge in [0.1, 0.15) is 6.10 Å². The summed E-state index contributed by atoms with van der Waals surface area (Å²) in [6.45, 7) is 3.05. The van der Waals surface area contributed by atoms with Crippen molar-refractivity contribution in [3.05, 3.63) is 47.5 Å². The Morgan fingerprint density at radius 2 is 1.79 bits per heavy atom. The van der Waals surface area contributed by atoms with Crippen LogP contribution in [0, 0.1) is 5.92 Å². The molecule has 1 amide bonds. The zero-order valence-corrected chi connectivity index (χ0v) is 18.2. The molecule has 2 atom stereocenters. The lowest BCUT2D eigenvalue weighted by Gasteiger charge is -2.44. The number of alkyl halides is 2. The van der Waals surface area contributed by atoms with Gasteiger partial charge in [0, 0.05) is 6.54 Å². The molecule has 8 heteroatoms. The molecule has 5 aliphatic rings. The Morgan fingerprint density at radius 1 is 1.03 bits per heavy atom. The fourth-order valence-electron chi connectivity index (χ4n) is 5.63. The monoisotopic (exact) mass is 456 g/mol. The molecular weight excluding hydrogens is 430 g/mol. The van der Waals surface area contributed by atoms with Gasteiger partial charge in [-0.1, -0.05) is 24.3 Å². The first-order valence-corrected chi connectivity index (χ1v) is 11.7. The van der Waals surface area contributed by atoms with Crippen LogP contribution in [0.1, 0.15) is 42.9 Å². The Balaban J connectivity index is 1.16. The molecule has 7 rings (SSSR count). The number of nitrogens with one attached hydrogen (secondary N) is 1. The lowest BCUT2D eigenvalue weighted by Crippen LogP contribution is -2.52. The minimum absolute atomic E-state index is 0.0173. The van der Waals surface area contributed by atoms with Gasteiger partial charge in [-0.25, -0.2) is 4.79 Å². The van der Waals surface area contributed by atoms with Gasteiger partial charge in [0.15, 0.2) is 11.5 Å². The maximum atomic E-state index is 13.3. The van der Waals surface area contributed by atoms with Crippen LogP contribution in [0.4, 0.5) is 13.6 Å². The van der Waals surface area contributed by atoms with Crippen molar-refractivity contribution in [1.29, 1.82) is 0 Å². The van der Waals surface area contributed by atoms with Crippen molar-refractivity contribution in [3.8, 4) is 22.6 Å². The Hall–Kier alpha value is -2.87. The van der Waals surface area contributed by atoms with Gasteiger partial charge in [0.25, 0.3) is 0 Å². The number of rotatable bonds is 3. The average Bonchev–Trinajstić information content (AvgIpc) is 3.12. The molecule has 6 nitrogen and oxygen atoms in total. The molecule has 1 N–H and O–H groups in total. The van der Waals surface area contributed by atoms with Gasteiger partial charge in [-0.05, 0) is 85.5 Å². The van der Waals surface area contributed by atoms with Crippen LogP contribution in [0.5, 0.6) is 11.5 Å². The topological polar surface area (TPSA) is 60.0 Å². The van der Waals surface area contributed by atoms with Crippen LogP contribution in [0.2, 0.25) is 0 Å². The van der Waals surface area contributed by atoms with Crippen LogP contribution in [0.25, 0.3) is 11.1 Å². The number of ether oxygens (including phenoxy) is 3. The van der Waals surface area contributed by atoms with E-state index in [1.54, 1.807) is 12.1 Å². The van der Waals surface area contributed by atoms with Gasteiger partial charge in [0.05, 0.1) is 6.04 Å². The van der Waals surface area contributed by atoms with E-state index in [-0.39, 0.29) is 29.7 Å². The van der Waals surface area contributed by atoms with E-state index < -0.39 is 6.29 Å². The van der Waals surface area contributed by atoms with Crippen LogP contribution in [0.15, 0.2) is 36.4 Å². The number of amides is 1. The van der Waals surface area contributed by atoms with E-state index in [0.717, 1.165) is 74.0 Å². The highest BCUT2D eigenvalue weighted by Gasteiger charge is 2.43. The van der Waals surface area contributed by atoms with Crippen molar-refractivity contribution >= 4 is 6.09 Å². The van der Waals surface area contributed by atoms with Crippen molar-refractivity contribution in [2.75, 3.05) is 19.6 Å². The highest BCUT2D eigenvalue weighted by Crippen LogP contribution is 2.43. The second kappa shape index (κ2) is 7.87. The Bertz CT molecular complexity index is 1080. The maximum Gasteiger partial charge on any atom is 0.586 e. The highest BCUT2D eigenvalue weighted by molar-refractivity contribution is 5.70. The Morgan fingerprint density at radius 3 is 2.58 bits per heavy atom. The molecule has 3 fully saturated rings. The molecule has 0 aromatic heterocycles. The van der Waals surface area contributed by atoms with Gasteiger partial charge in [-0.2, -0.15) is 0 Å². The van der Waals surface area contributed by atoms with E-state index in [4.69, 9.17) is 4.74 Å². The molecule has 0 radical (unpaired) electrons. The predicted molar refractivity (Wildman–Crippen MR) is 116 cm³/mol. The van der Waals surface area contributed by atoms with Crippen LogP contribution >= 0.6 is 0 Å². The summed E-state index contributed by atoms with van der Waals surface area (Å²) in [6.07, 6.45) is 0.936. The third-order valence-corrected chi connectivity index (χ3v) is 7.34. The molecule has 0 saturated carbocycles. The Kier molecular flexibility index (Phi) is 4.94. The van der Waals surface area contributed by atoms with Crippen LogP contribution in [-0.2, 0) is 11.2 Å². The first kappa shape index (κ1) is 20.7. The summed E-state index contributed by atoms with van der Waals surface area (Å²) >= 11 is 0. The van der Waals surface area contributed by atoms with Crippen molar-refractivity contribution < 1.29 is 27.8 Å². The maximum absolute atomic E-state index is 13.3. The number of aryl methyl sites for hydroxylation is 1. The summed E-state index contributed by atoms with van der Waals surface area (Å²) in [5.41, 5.74) is 3.92. The number of carbonyl (C=O) groups excluding carboxylic acids is 1. The number of fused-ring (bicyclic) bond motifs is 5. The summed E-state index contributed by atoms with van der Waals surface area (Å²) in [5.74, 6) is 0.543. The number of hydrogen-bond donors (Lipinski definition) is 1. The molecule has 2 aromatic carbocycles. The van der Waals surface area contributed by atoms with Crippen LogP contribution in [-0.4, -0.2) is 43.0 Å². The second-order valence-corrected chi connectivity index (χ2v) is 9.41. The minimum atomic E-state index is -3.63. The summed E-state index contributed by atoms with van der Waals surface area (Å²) in [7, 11) is 0. The van der Waals surface area contributed by atoms with Gasteiger partial charge >= 0.3 is 12.4 Å². The fraction of sp³-hybridized carbons (Fsp3) is 0.480. The standard InChI is InChI=1S/C25H26F2N2O4/c26-25(27)32-21-7-5-17(13-22(21)33-25)16-4-6-19-18(12-16)2-1-3-20(19)28-24(30)31-23-14-29-10-8-15(23)9-11-29/h4-7,12-13,15,20,23H,1-3,8-11,14H2,(H,28,30). The first-order valence-electron chi connectivity index (χ1n) is 11.7. The lowest BCUT2D eigenvalue weighted by molar-refractivity contribution is -0.286. The zero-order chi connectivity index (χ0) is 22.6. The molecular formula is C25H26F2N2O4. The van der Waals surface area contributed by atoms with Crippen molar-refractivity contribution in [3.63, 3.8) is 0 Å². The number of nitrogens with zero attached hydrogens (tertiary/aromatic N) is 1. The van der Waals surface area contributed by atoms with Crippen molar-refractivity contribution in [1.82, 2.24) is 10.2 Å². The molecule has 2 aromatic rings. The zero-order valence-electron chi connectivity index (χ0n) is 18.2. The summed E-state index contributed by atoms with van der Waals surface area (Å²) in [4.78, 5) is 15.0. The smallest absolute Gasteiger partial charge is 0.445 e. The van der Waals surface area contributed by atoms with Gasteiger partial charge in [0.2, 0.25) is 0 Å². The molecule has 4 heterocycles. The summed E-state index contributed by atoms with van der Waals surface area (Å²) < 4.78 is 41.6. The molecule has 174 valence electrons. The predicted octanol–water partition coefficient (Wildman–Crippen LogP) is 4.87. The third kappa shape index (κ3) is 4.01. The van der Waals surface area contributed by atoms with E-state index in [1.165, 1.54) is 6.07 Å². The molecule has 0 spiro atoms. The van der Waals surface area contributed by atoms with Gasteiger partial charge in [-0.3, -0.25) is 4.90 Å². The first-order chi connectivity index (χ1) is 15.9. The lowest BCUT2D eigenvalue weighted by atomic mass is 9.85. The number of hydrogen-bond acceptors (Lipinski definition) is 5.